The van der Waals surface area contributed by atoms with Crippen molar-refractivity contribution in [2.75, 3.05) is 7.11 Å². The molecular weight excluding hydrogens is 169 g/mol. The summed E-state index contributed by atoms with van der Waals surface area (Å²) in [6, 6.07) is 3.96. The maximum atomic E-state index is 13.2. The van der Waals surface area contributed by atoms with Gasteiger partial charge in [0.25, 0.3) is 0 Å². The number of hydrogen-bond acceptors (Lipinski definition) is 2. The molecule has 0 unspecified atom stereocenters. The molecule has 2 N–H and O–H groups in total. The molecule has 3 heteroatoms. The van der Waals surface area contributed by atoms with Gasteiger partial charge in [-0.25, -0.2) is 4.39 Å². The summed E-state index contributed by atoms with van der Waals surface area (Å²) < 4.78 is 18.1. The summed E-state index contributed by atoms with van der Waals surface area (Å²) in [5, 5.41) is 0. The number of rotatable bonds is 3. The summed E-state index contributed by atoms with van der Waals surface area (Å²) in [5.41, 5.74) is 6.00. The Labute approximate surface area is 76.8 Å². The number of halogens is 1. The molecule has 1 aromatic carbocycles. The first-order valence-electron chi connectivity index (χ1n) is 3.90. The Bertz CT molecular complexity index is 312. The molecule has 0 aliphatic rings. The van der Waals surface area contributed by atoms with E-state index in [-0.39, 0.29) is 5.82 Å². The molecule has 2 nitrogen and oxygen atoms in total. The predicted octanol–water partition coefficient (Wildman–Crippen LogP) is 2.02. The van der Waals surface area contributed by atoms with Crippen LogP contribution in [0.1, 0.15) is 11.6 Å². The van der Waals surface area contributed by atoms with Crippen molar-refractivity contribution in [1.82, 2.24) is 0 Å². The maximum absolute atomic E-state index is 13.2. The first kappa shape index (κ1) is 9.74. The molecule has 0 spiro atoms. The first-order valence-corrected chi connectivity index (χ1v) is 3.90. The van der Waals surface area contributed by atoms with Gasteiger partial charge in [0.2, 0.25) is 0 Å². The largest absolute Gasteiger partial charge is 0.497 e. The molecule has 0 amide bonds. The standard InChI is InChI=1S/C10H12FNO/c1-3-10(12)8-6-7(13-2)4-5-9(8)11/h3-6,10H,1,12H2,2H3/t10-/m1/s1. The van der Waals surface area contributed by atoms with Crippen LogP contribution in [-0.2, 0) is 0 Å². The van der Waals surface area contributed by atoms with E-state index in [0.717, 1.165) is 0 Å². The number of ether oxygens (including phenoxy) is 1. The molecule has 1 aromatic rings. The normalized spacial score (nSPS) is 12.2. The average Bonchev–Trinajstić information content (AvgIpc) is 2.17. The van der Waals surface area contributed by atoms with Gasteiger partial charge in [-0.3, -0.25) is 0 Å². The Morgan fingerprint density at radius 1 is 1.62 bits per heavy atom. The predicted molar refractivity (Wildman–Crippen MR) is 50.1 cm³/mol. The van der Waals surface area contributed by atoms with Crippen LogP contribution in [0.2, 0.25) is 0 Å². The van der Waals surface area contributed by atoms with Crippen molar-refractivity contribution in [3.8, 4) is 5.75 Å². The van der Waals surface area contributed by atoms with Crippen molar-refractivity contribution in [2.24, 2.45) is 5.73 Å². The second-order valence-electron chi connectivity index (χ2n) is 2.65. The lowest BCUT2D eigenvalue weighted by atomic mass is 10.1. The number of hydrogen-bond donors (Lipinski definition) is 1. The van der Waals surface area contributed by atoms with Crippen molar-refractivity contribution in [3.05, 3.63) is 42.2 Å². The Kier molecular flexibility index (Phi) is 3.03. The lowest BCUT2D eigenvalue weighted by Crippen LogP contribution is -2.08. The van der Waals surface area contributed by atoms with Crippen LogP contribution in [0.3, 0.4) is 0 Å². The summed E-state index contributed by atoms with van der Waals surface area (Å²) in [7, 11) is 1.52. The van der Waals surface area contributed by atoms with Crippen LogP contribution in [0.5, 0.6) is 5.75 Å². The summed E-state index contributed by atoms with van der Waals surface area (Å²) in [4.78, 5) is 0. The van der Waals surface area contributed by atoms with Gasteiger partial charge in [0.1, 0.15) is 11.6 Å². The monoisotopic (exact) mass is 181 g/mol. The molecule has 0 aliphatic heterocycles. The van der Waals surface area contributed by atoms with Gasteiger partial charge >= 0.3 is 0 Å². The third-order valence-corrected chi connectivity index (χ3v) is 1.82. The van der Waals surface area contributed by atoms with Gasteiger partial charge in [-0.2, -0.15) is 0 Å². The molecule has 0 radical (unpaired) electrons. The van der Waals surface area contributed by atoms with E-state index in [4.69, 9.17) is 10.5 Å². The van der Waals surface area contributed by atoms with Gasteiger partial charge in [-0.15, -0.1) is 6.58 Å². The van der Waals surface area contributed by atoms with E-state index in [1.807, 2.05) is 0 Å². The molecule has 70 valence electrons. The fourth-order valence-corrected chi connectivity index (χ4v) is 1.03. The van der Waals surface area contributed by atoms with Crippen LogP contribution in [0.4, 0.5) is 4.39 Å². The Morgan fingerprint density at radius 2 is 2.31 bits per heavy atom. The Morgan fingerprint density at radius 3 is 2.85 bits per heavy atom. The molecule has 0 heterocycles. The molecule has 0 bridgehead atoms. The van der Waals surface area contributed by atoms with Gasteiger partial charge in [0, 0.05) is 5.56 Å². The van der Waals surface area contributed by atoms with Gasteiger partial charge in [0.15, 0.2) is 0 Å². The molecule has 0 saturated heterocycles. The topological polar surface area (TPSA) is 35.2 Å². The minimum absolute atomic E-state index is 0.340. The highest BCUT2D eigenvalue weighted by molar-refractivity contribution is 5.33. The summed E-state index contributed by atoms with van der Waals surface area (Å²) in [6.07, 6.45) is 1.48. The average molecular weight is 181 g/mol. The smallest absolute Gasteiger partial charge is 0.128 e. The van der Waals surface area contributed by atoms with Crippen molar-refractivity contribution in [2.45, 2.75) is 6.04 Å². The number of benzene rings is 1. The van der Waals surface area contributed by atoms with Gasteiger partial charge in [-0.05, 0) is 18.2 Å². The zero-order chi connectivity index (χ0) is 9.84. The molecule has 0 aliphatic carbocycles. The van der Waals surface area contributed by atoms with Crippen LogP contribution in [0.25, 0.3) is 0 Å². The van der Waals surface area contributed by atoms with Gasteiger partial charge in [-0.1, -0.05) is 6.08 Å². The van der Waals surface area contributed by atoms with E-state index < -0.39 is 6.04 Å². The molecule has 0 saturated carbocycles. The van der Waals surface area contributed by atoms with Crippen LogP contribution in [0, 0.1) is 5.82 Å². The lowest BCUT2D eigenvalue weighted by Gasteiger charge is -2.09. The minimum Gasteiger partial charge on any atom is -0.497 e. The van der Waals surface area contributed by atoms with E-state index >= 15 is 0 Å². The van der Waals surface area contributed by atoms with E-state index in [2.05, 4.69) is 6.58 Å². The molecular formula is C10H12FNO. The van der Waals surface area contributed by atoms with E-state index in [1.54, 1.807) is 12.1 Å². The van der Waals surface area contributed by atoms with E-state index in [1.165, 1.54) is 19.3 Å². The van der Waals surface area contributed by atoms with Crippen LogP contribution >= 0.6 is 0 Å². The fourth-order valence-electron chi connectivity index (χ4n) is 1.03. The fraction of sp³-hybridized carbons (Fsp3) is 0.200. The molecule has 1 rings (SSSR count). The Balaban J connectivity index is 3.10. The summed E-state index contributed by atoms with van der Waals surface area (Å²) >= 11 is 0. The quantitative estimate of drug-likeness (QED) is 0.724. The van der Waals surface area contributed by atoms with Gasteiger partial charge in [0.05, 0.1) is 13.2 Å². The van der Waals surface area contributed by atoms with Gasteiger partial charge < -0.3 is 10.5 Å². The van der Waals surface area contributed by atoms with Crippen LogP contribution in [0.15, 0.2) is 30.9 Å². The first-order chi connectivity index (χ1) is 6.19. The van der Waals surface area contributed by atoms with Crippen molar-refractivity contribution < 1.29 is 9.13 Å². The zero-order valence-corrected chi connectivity index (χ0v) is 7.46. The van der Waals surface area contributed by atoms with Crippen LogP contribution < -0.4 is 10.5 Å². The van der Waals surface area contributed by atoms with E-state index in [9.17, 15) is 4.39 Å². The third-order valence-electron chi connectivity index (χ3n) is 1.82. The molecule has 1 atom stereocenters. The highest BCUT2D eigenvalue weighted by atomic mass is 19.1. The molecule has 0 aromatic heterocycles. The third kappa shape index (κ3) is 2.06. The van der Waals surface area contributed by atoms with Crippen molar-refractivity contribution in [3.63, 3.8) is 0 Å². The highest BCUT2D eigenvalue weighted by Crippen LogP contribution is 2.21. The lowest BCUT2D eigenvalue weighted by molar-refractivity contribution is 0.412. The van der Waals surface area contributed by atoms with E-state index in [0.29, 0.717) is 11.3 Å². The number of nitrogens with two attached hydrogens (primary N) is 1. The van der Waals surface area contributed by atoms with Crippen LogP contribution in [-0.4, -0.2) is 7.11 Å². The second-order valence-corrected chi connectivity index (χ2v) is 2.65. The second kappa shape index (κ2) is 4.05. The summed E-state index contributed by atoms with van der Waals surface area (Å²) in [5.74, 6) is 0.252. The summed E-state index contributed by atoms with van der Waals surface area (Å²) in [6.45, 7) is 3.50. The Hall–Kier alpha value is -1.35. The van der Waals surface area contributed by atoms with Crippen molar-refractivity contribution >= 4 is 0 Å². The maximum Gasteiger partial charge on any atom is 0.128 e. The molecule has 0 fully saturated rings. The SMILES string of the molecule is C=C[C@@H](N)c1cc(OC)ccc1F. The van der Waals surface area contributed by atoms with Crippen molar-refractivity contribution in [1.29, 1.82) is 0 Å². The number of methoxy groups -OCH3 is 1. The zero-order valence-electron chi connectivity index (χ0n) is 7.46. The minimum atomic E-state index is -0.491. The molecule has 13 heavy (non-hydrogen) atoms. The highest BCUT2D eigenvalue weighted by Gasteiger charge is 2.08.